The summed E-state index contributed by atoms with van der Waals surface area (Å²) in [6.07, 6.45) is 4.43. The zero-order valence-corrected chi connectivity index (χ0v) is 11.8. The van der Waals surface area contributed by atoms with Crippen LogP contribution >= 0.6 is 0 Å². The summed E-state index contributed by atoms with van der Waals surface area (Å²) < 4.78 is 10.5. The van der Waals surface area contributed by atoms with E-state index in [9.17, 15) is 4.79 Å². The molecule has 1 amide bonds. The number of amides is 1. The Morgan fingerprint density at radius 2 is 2.18 bits per heavy atom. The first-order chi connectivity index (χ1) is 10.8. The molecule has 22 heavy (non-hydrogen) atoms. The molecule has 1 aromatic carbocycles. The van der Waals surface area contributed by atoms with Crippen LogP contribution in [0.5, 0.6) is 5.75 Å². The summed E-state index contributed by atoms with van der Waals surface area (Å²) >= 11 is 0. The predicted molar refractivity (Wildman–Crippen MR) is 80.7 cm³/mol. The van der Waals surface area contributed by atoms with Crippen molar-refractivity contribution >= 4 is 11.6 Å². The van der Waals surface area contributed by atoms with Gasteiger partial charge in [-0.15, -0.1) is 0 Å². The van der Waals surface area contributed by atoms with Crippen molar-refractivity contribution in [3.8, 4) is 17.1 Å². The number of ether oxygens (including phenoxy) is 1. The van der Waals surface area contributed by atoms with E-state index in [4.69, 9.17) is 9.15 Å². The van der Waals surface area contributed by atoms with Crippen molar-refractivity contribution < 1.29 is 13.9 Å². The molecule has 0 saturated heterocycles. The number of hydrogen-bond acceptors (Lipinski definition) is 5. The number of oxazole rings is 1. The molecule has 0 atom stereocenters. The molecule has 6 nitrogen and oxygen atoms in total. The highest BCUT2D eigenvalue weighted by Crippen LogP contribution is 2.27. The van der Waals surface area contributed by atoms with Crippen molar-refractivity contribution in [3.63, 3.8) is 0 Å². The summed E-state index contributed by atoms with van der Waals surface area (Å²) in [6.45, 7) is 0. The summed E-state index contributed by atoms with van der Waals surface area (Å²) in [7, 11) is 1.58. The topological polar surface area (TPSA) is 77.2 Å². The molecule has 0 unspecified atom stereocenters. The molecule has 2 heterocycles. The van der Waals surface area contributed by atoms with Crippen LogP contribution in [-0.2, 0) is 0 Å². The van der Waals surface area contributed by atoms with E-state index in [0.29, 0.717) is 22.8 Å². The van der Waals surface area contributed by atoms with Crippen LogP contribution in [0.4, 0.5) is 5.69 Å². The number of pyridine rings is 1. The Hall–Kier alpha value is -3.15. The lowest BCUT2D eigenvalue weighted by atomic mass is 10.1. The Labute approximate surface area is 126 Å². The van der Waals surface area contributed by atoms with E-state index in [1.165, 1.54) is 6.39 Å². The van der Waals surface area contributed by atoms with E-state index >= 15 is 0 Å². The Kier molecular flexibility index (Phi) is 3.82. The first-order valence-electron chi connectivity index (χ1n) is 6.57. The monoisotopic (exact) mass is 295 g/mol. The number of nitrogens with one attached hydrogen (secondary N) is 1. The normalized spacial score (nSPS) is 10.2. The quantitative estimate of drug-likeness (QED) is 0.800. The second-order valence-electron chi connectivity index (χ2n) is 4.46. The molecule has 6 heteroatoms. The number of hydrogen-bond donors (Lipinski definition) is 1. The highest BCUT2D eigenvalue weighted by molar-refractivity contribution is 6.06. The minimum atomic E-state index is -0.362. The average molecular weight is 295 g/mol. The standard InChI is InChI=1S/C16H13N3O3/c1-21-13-6-2-4-11(8-13)15-14(18-10-22-15)16(20)19-12-5-3-7-17-9-12/h2-10H,1H3,(H,19,20). The Balaban J connectivity index is 1.90. The highest BCUT2D eigenvalue weighted by Gasteiger charge is 2.18. The number of carbonyl (C=O) groups is 1. The SMILES string of the molecule is COc1cccc(-c2ocnc2C(=O)Nc2cccnc2)c1. The van der Waals surface area contributed by atoms with Gasteiger partial charge in [-0.05, 0) is 24.3 Å². The number of anilines is 1. The summed E-state index contributed by atoms with van der Waals surface area (Å²) in [5.41, 5.74) is 1.51. The molecule has 3 aromatic rings. The predicted octanol–water partition coefficient (Wildman–Crippen LogP) is 3.00. The van der Waals surface area contributed by atoms with Crippen LogP contribution in [0.1, 0.15) is 10.5 Å². The lowest BCUT2D eigenvalue weighted by Crippen LogP contribution is -2.13. The molecule has 0 fully saturated rings. The van der Waals surface area contributed by atoms with Gasteiger partial charge >= 0.3 is 0 Å². The molecule has 110 valence electrons. The molecule has 2 aromatic heterocycles. The van der Waals surface area contributed by atoms with Gasteiger partial charge < -0.3 is 14.5 Å². The van der Waals surface area contributed by atoms with Gasteiger partial charge in [-0.1, -0.05) is 12.1 Å². The van der Waals surface area contributed by atoms with Crippen LogP contribution in [0, 0.1) is 0 Å². The molecule has 0 radical (unpaired) electrons. The van der Waals surface area contributed by atoms with Crippen molar-refractivity contribution in [1.29, 1.82) is 0 Å². The summed E-state index contributed by atoms with van der Waals surface area (Å²) in [6, 6.07) is 10.7. The van der Waals surface area contributed by atoms with E-state index in [1.54, 1.807) is 37.7 Å². The van der Waals surface area contributed by atoms with Gasteiger partial charge in [0.05, 0.1) is 19.0 Å². The third-order valence-corrected chi connectivity index (χ3v) is 3.03. The molecule has 0 bridgehead atoms. The molecule has 3 rings (SSSR count). The molecule has 0 saturated carbocycles. The molecule has 0 spiro atoms. The van der Waals surface area contributed by atoms with Crippen LogP contribution in [0.15, 0.2) is 59.6 Å². The molecule has 0 aliphatic heterocycles. The Morgan fingerprint density at radius 3 is 2.95 bits per heavy atom. The fourth-order valence-corrected chi connectivity index (χ4v) is 2.00. The molecule has 0 aliphatic carbocycles. The summed E-state index contributed by atoms with van der Waals surface area (Å²) in [5.74, 6) is 0.701. The molecular weight excluding hydrogens is 282 g/mol. The summed E-state index contributed by atoms with van der Waals surface area (Å²) in [5, 5.41) is 2.73. The number of benzene rings is 1. The number of methoxy groups -OCH3 is 1. The highest BCUT2D eigenvalue weighted by atomic mass is 16.5. The van der Waals surface area contributed by atoms with Crippen molar-refractivity contribution in [2.24, 2.45) is 0 Å². The van der Waals surface area contributed by atoms with Gasteiger partial charge in [0.15, 0.2) is 17.8 Å². The maximum atomic E-state index is 12.3. The van der Waals surface area contributed by atoms with Crippen LogP contribution in [0.3, 0.4) is 0 Å². The fraction of sp³-hybridized carbons (Fsp3) is 0.0625. The zero-order chi connectivity index (χ0) is 15.4. The largest absolute Gasteiger partial charge is 0.497 e. The average Bonchev–Trinajstić information content (AvgIpc) is 3.05. The third-order valence-electron chi connectivity index (χ3n) is 3.03. The third kappa shape index (κ3) is 2.80. The van der Waals surface area contributed by atoms with Gasteiger partial charge in [-0.2, -0.15) is 0 Å². The zero-order valence-electron chi connectivity index (χ0n) is 11.8. The minimum Gasteiger partial charge on any atom is -0.497 e. The van der Waals surface area contributed by atoms with Crippen molar-refractivity contribution in [2.45, 2.75) is 0 Å². The van der Waals surface area contributed by atoms with Gasteiger partial charge in [0.25, 0.3) is 5.91 Å². The lowest BCUT2D eigenvalue weighted by molar-refractivity contribution is 0.102. The number of rotatable bonds is 4. The molecule has 1 N–H and O–H groups in total. The first-order valence-corrected chi connectivity index (χ1v) is 6.57. The lowest BCUT2D eigenvalue weighted by Gasteiger charge is -2.05. The maximum absolute atomic E-state index is 12.3. The Bertz CT molecular complexity index is 784. The van der Waals surface area contributed by atoms with Crippen molar-refractivity contribution in [3.05, 3.63) is 60.9 Å². The molecule has 0 aliphatic rings. The second kappa shape index (κ2) is 6.09. The Morgan fingerprint density at radius 1 is 1.27 bits per heavy atom. The van der Waals surface area contributed by atoms with Crippen LogP contribution in [-0.4, -0.2) is 23.0 Å². The van der Waals surface area contributed by atoms with E-state index in [-0.39, 0.29) is 11.6 Å². The minimum absolute atomic E-state index is 0.206. The first kappa shape index (κ1) is 13.8. The number of nitrogens with zero attached hydrogens (tertiary/aromatic N) is 2. The van der Waals surface area contributed by atoms with Crippen LogP contribution in [0.25, 0.3) is 11.3 Å². The second-order valence-corrected chi connectivity index (χ2v) is 4.46. The van der Waals surface area contributed by atoms with E-state index in [0.717, 1.165) is 0 Å². The van der Waals surface area contributed by atoms with Gasteiger partial charge in [-0.3, -0.25) is 9.78 Å². The maximum Gasteiger partial charge on any atom is 0.278 e. The van der Waals surface area contributed by atoms with E-state index in [2.05, 4.69) is 15.3 Å². The smallest absolute Gasteiger partial charge is 0.278 e. The van der Waals surface area contributed by atoms with Crippen LogP contribution in [0.2, 0.25) is 0 Å². The van der Waals surface area contributed by atoms with Gasteiger partial charge in [0, 0.05) is 11.8 Å². The van der Waals surface area contributed by atoms with Gasteiger partial charge in [0.1, 0.15) is 5.75 Å². The fourth-order valence-electron chi connectivity index (χ4n) is 2.00. The van der Waals surface area contributed by atoms with Crippen molar-refractivity contribution in [1.82, 2.24) is 9.97 Å². The van der Waals surface area contributed by atoms with Crippen LogP contribution < -0.4 is 10.1 Å². The number of aromatic nitrogens is 2. The molecular formula is C16H13N3O3. The summed E-state index contributed by atoms with van der Waals surface area (Å²) in [4.78, 5) is 20.3. The van der Waals surface area contributed by atoms with E-state index < -0.39 is 0 Å². The van der Waals surface area contributed by atoms with E-state index in [1.807, 2.05) is 18.2 Å². The van der Waals surface area contributed by atoms with Gasteiger partial charge in [0.2, 0.25) is 0 Å². The number of carbonyl (C=O) groups excluding carboxylic acids is 1. The van der Waals surface area contributed by atoms with Crippen molar-refractivity contribution in [2.75, 3.05) is 12.4 Å². The van der Waals surface area contributed by atoms with Gasteiger partial charge in [-0.25, -0.2) is 4.98 Å².